The smallest absolute Gasteiger partial charge is 0.0864 e. The van der Waals surface area contributed by atoms with Crippen LogP contribution in [0.25, 0.3) is 0 Å². The van der Waals surface area contributed by atoms with Gasteiger partial charge in [0, 0.05) is 11.5 Å². The van der Waals surface area contributed by atoms with Gasteiger partial charge in [-0.25, -0.2) is 4.68 Å². The van der Waals surface area contributed by atoms with Crippen molar-refractivity contribution in [1.29, 1.82) is 0 Å². The Balaban J connectivity index is 3.10. The van der Waals surface area contributed by atoms with E-state index in [1.807, 2.05) is 0 Å². The average Bonchev–Trinajstić information content (AvgIpc) is 2.57. The van der Waals surface area contributed by atoms with E-state index < -0.39 is 0 Å². The van der Waals surface area contributed by atoms with Gasteiger partial charge in [-0.1, -0.05) is 39.3 Å². The molecule has 1 aromatic rings. The maximum Gasteiger partial charge on any atom is 0.0864 e. The van der Waals surface area contributed by atoms with E-state index in [2.05, 4.69) is 56.5 Å². The molecule has 1 rings (SSSR count). The molecule has 0 saturated carbocycles. The first-order chi connectivity index (χ1) is 7.38. The molecule has 0 radical (unpaired) electrons. The molecule has 0 atom stereocenters. The lowest BCUT2D eigenvalue weighted by molar-refractivity contribution is 0.438. The Morgan fingerprint density at radius 1 is 1.25 bits per heavy atom. The van der Waals surface area contributed by atoms with Gasteiger partial charge in [0.1, 0.15) is 0 Å². The van der Waals surface area contributed by atoms with Gasteiger partial charge in [0.25, 0.3) is 0 Å². The molecule has 16 heavy (non-hydrogen) atoms. The summed E-state index contributed by atoms with van der Waals surface area (Å²) in [5.74, 6) is 0. The van der Waals surface area contributed by atoms with Crippen LogP contribution in [0.15, 0.2) is 0 Å². The number of hydrogen-bond acceptors (Lipinski definition) is 2. The van der Waals surface area contributed by atoms with Crippen LogP contribution in [-0.4, -0.2) is 15.0 Å². The topological polar surface area (TPSA) is 30.7 Å². The summed E-state index contributed by atoms with van der Waals surface area (Å²) in [6.07, 6.45) is 3.45. The number of aryl methyl sites for hydroxylation is 1. The van der Waals surface area contributed by atoms with Gasteiger partial charge < -0.3 is 0 Å². The van der Waals surface area contributed by atoms with Crippen LogP contribution < -0.4 is 0 Å². The molecular weight excluding hydrogens is 198 g/mol. The van der Waals surface area contributed by atoms with Gasteiger partial charge in [0.2, 0.25) is 0 Å². The normalized spacial score (nSPS) is 12.4. The molecule has 0 amide bonds. The molecule has 0 spiro atoms. The number of aromatic nitrogens is 3. The van der Waals surface area contributed by atoms with Crippen LogP contribution in [0, 0.1) is 0 Å². The van der Waals surface area contributed by atoms with Crippen LogP contribution in [0.4, 0.5) is 0 Å². The van der Waals surface area contributed by atoms with E-state index >= 15 is 0 Å². The van der Waals surface area contributed by atoms with Crippen LogP contribution >= 0.6 is 0 Å². The summed E-state index contributed by atoms with van der Waals surface area (Å²) in [5, 5.41) is 8.66. The third-order valence-corrected chi connectivity index (χ3v) is 2.73. The molecule has 3 heteroatoms. The molecule has 0 fully saturated rings. The highest BCUT2D eigenvalue weighted by molar-refractivity contribution is 5.20. The highest BCUT2D eigenvalue weighted by Gasteiger charge is 2.25. The first kappa shape index (κ1) is 13.2. The summed E-state index contributed by atoms with van der Waals surface area (Å²) in [7, 11) is 0. The molecule has 92 valence electrons. The quantitative estimate of drug-likeness (QED) is 0.782. The first-order valence-corrected chi connectivity index (χ1v) is 6.32. The third-order valence-electron chi connectivity index (χ3n) is 2.73. The van der Waals surface area contributed by atoms with Crippen LogP contribution in [0.3, 0.4) is 0 Å². The molecule has 3 nitrogen and oxygen atoms in total. The van der Waals surface area contributed by atoms with Crippen molar-refractivity contribution in [1.82, 2.24) is 15.0 Å². The fourth-order valence-corrected chi connectivity index (χ4v) is 1.98. The lowest BCUT2D eigenvalue weighted by Crippen LogP contribution is -2.21. The second-order valence-corrected chi connectivity index (χ2v) is 5.78. The summed E-state index contributed by atoms with van der Waals surface area (Å²) in [4.78, 5) is 0. The number of hydrogen-bond donors (Lipinski definition) is 0. The molecule has 0 aliphatic carbocycles. The standard InChI is InChI=1S/C13H25N3/c1-7-8-9-11-12(13(4,5)6)16(10(2)3)15-14-11/h10H,7-9H2,1-6H3. The van der Waals surface area contributed by atoms with Crippen molar-refractivity contribution in [3.8, 4) is 0 Å². The van der Waals surface area contributed by atoms with Crippen molar-refractivity contribution in [3.63, 3.8) is 0 Å². The second-order valence-electron chi connectivity index (χ2n) is 5.78. The highest BCUT2D eigenvalue weighted by atomic mass is 15.4. The number of rotatable bonds is 4. The number of nitrogens with zero attached hydrogens (tertiary/aromatic N) is 3. The lowest BCUT2D eigenvalue weighted by atomic mass is 9.89. The van der Waals surface area contributed by atoms with Crippen LogP contribution in [0.2, 0.25) is 0 Å². The van der Waals surface area contributed by atoms with Gasteiger partial charge >= 0.3 is 0 Å². The number of unbranched alkanes of at least 4 members (excludes halogenated alkanes) is 1. The summed E-state index contributed by atoms with van der Waals surface area (Å²) in [6, 6.07) is 0.386. The predicted molar refractivity (Wildman–Crippen MR) is 67.7 cm³/mol. The highest BCUT2D eigenvalue weighted by Crippen LogP contribution is 2.27. The van der Waals surface area contributed by atoms with E-state index in [0.29, 0.717) is 6.04 Å². The van der Waals surface area contributed by atoms with Gasteiger partial charge in [0.15, 0.2) is 0 Å². The van der Waals surface area contributed by atoms with Crippen molar-refractivity contribution < 1.29 is 0 Å². The van der Waals surface area contributed by atoms with Crippen LogP contribution in [-0.2, 0) is 11.8 Å². The van der Waals surface area contributed by atoms with Gasteiger partial charge in [-0.3, -0.25) is 0 Å². The molecule has 0 saturated heterocycles. The van der Waals surface area contributed by atoms with E-state index in [-0.39, 0.29) is 5.41 Å². The summed E-state index contributed by atoms with van der Waals surface area (Å²) >= 11 is 0. The van der Waals surface area contributed by atoms with E-state index in [1.54, 1.807) is 0 Å². The van der Waals surface area contributed by atoms with Crippen LogP contribution in [0.1, 0.15) is 71.8 Å². The van der Waals surface area contributed by atoms with E-state index in [4.69, 9.17) is 0 Å². The molecule has 1 aromatic heterocycles. The lowest BCUT2D eigenvalue weighted by Gasteiger charge is -2.23. The molecule has 0 bridgehead atoms. The molecule has 0 aliphatic rings. The Bertz CT molecular complexity index is 331. The zero-order chi connectivity index (χ0) is 12.3. The molecule has 0 N–H and O–H groups in total. The Morgan fingerprint density at radius 3 is 2.31 bits per heavy atom. The molecule has 0 aromatic carbocycles. The second kappa shape index (κ2) is 4.98. The monoisotopic (exact) mass is 223 g/mol. The van der Waals surface area contributed by atoms with Gasteiger partial charge in [-0.2, -0.15) is 0 Å². The van der Waals surface area contributed by atoms with Crippen molar-refractivity contribution >= 4 is 0 Å². The van der Waals surface area contributed by atoms with Crippen molar-refractivity contribution in [2.75, 3.05) is 0 Å². The summed E-state index contributed by atoms with van der Waals surface area (Å²) in [5.41, 5.74) is 2.61. The third kappa shape index (κ3) is 2.83. The minimum absolute atomic E-state index is 0.122. The first-order valence-electron chi connectivity index (χ1n) is 6.32. The van der Waals surface area contributed by atoms with Gasteiger partial charge in [-0.05, 0) is 26.7 Å². The van der Waals surface area contributed by atoms with Crippen molar-refractivity contribution in [2.45, 2.75) is 72.3 Å². The largest absolute Gasteiger partial charge is 0.246 e. The SMILES string of the molecule is CCCCc1nnn(C(C)C)c1C(C)(C)C. The van der Waals surface area contributed by atoms with E-state index in [1.165, 1.54) is 24.2 Å². The fraction of sp³-hybridized carbons (Fsp3) is 0.846. The Labute approximate surface area is 99.2 Å². The minimum atomic E-state index is 0.122. The minimum Gasteiger partial charge on any atom is -0.246 e. The zero-order valence-corrected chi connectivity index (χ0v) is 11.5. The summed E-state index contributed by atoms with van der Waals surface area (Å²) < 4.78 is 2.07. The fourth-order valence-electron chi connectivity index (χ4n) is 1.98. The maximum atomic E-state index is 4.35. The van der Waals surface area contributed by atoms with E-state index in [0.717, 1.165) is 6.42 Å². The Morgan fingerprint density at radius 2 is 1.88 bits per heavy atom. The van der Waals surface area contributed by atoms with Gasteiger partial charge in [0.05, 0.1) is 11.4 Å². The predicted octanol–water partition coefficient (Wildman–Crippen LogP) is 3.50. The molecule has 0 aliphatic heterocycles. The zero-order valence-electron chi connectivity index (χ0n) is 11.5. The van der Waals surface area contributed by atoms with Gasteiger partial charge in [-0.15, -0.1) is 5.10 Å². The Kier molecular flexibility index (Phi) is 4.11. The maximum absolute atomic E-state index is 4.35. The van der Waals surface area contributed by atoms with Crippen molar-refractivity contribution in [2.24, 2.45) is 0 Å². The average molecular weight is 223 g/mol. The summed E-state index contributed by atoms with van der Waals surface area (Å²) in [6.45, 7) is 13.2. The van der Waals surface area contributed by atoms with E-state index in [9.17, 15) is 0 Å². The Hall–Kier alpha value is -0.860. The molecule has 0 unspecified atom stereocenters. The molecular formula is C13H25N3. The van der Waals surface area contributed by atoms with Crippen LogP contribution in [0.5, 0.6) is 0 Å². The van der Waals surface area contributed by atoms with Crippen molar-refractivity contribution in [3.05, 3.63) is 11.4 Å². The molecule has 1 heterocycles.